The van der Waals surface area contributed by atoms with E-state index < -0.39 is 0 Å². The monoisotopic (exact) mass is 227 g/mol. The third-order valence-electron chi connectivity index (χ3n) is 2.25. The normalized spacial score (nSPS) is 11.9. The van der Waals surface area contributed by atoms with Gasteiger partial charge < -0.3 is 10.1 Å². The molecule has 82 valence electrons. The summed E-state index contributed by atoms with van der Waals surface area (Å²) in [7, 11) is 1.58. The van der Waals surface area contributed by atoms with Crippen LogP contribution in [0.2, 0.25) is 5.02 Å². The van der Waals surface area contributed by atoms with Gasteiger partial charge in [0, 0.05) is 6.54 Å². The van der Waals surface area contributed by atoms with Crippen molar-refractivity contribution in [1.29, 1.82) is 0 Å². The fourth-order valence-electron chi connectivity index (χ4n) is 1.33. The van der Waals surface area contributed by atoms with Crippen LogP contribution in [0.25, 0.3) is 0 Å². The van der Waals surface area contributed by atoms with Crippen molar-refractivity contribution >= 4 is 18.0 Å². The van der Waals surface area contributed by atoms with Gasteiger partial charge in [0.25, 0.3) is 0 Å². The SMILES string of the molecule is COc1cc(C(C)CNC=O)ccc1Cl. The first-order chi connectivity index (χ1) is 7.19. The molecule has 0 aliphatic carbocycles. The molecular formula is C11H14ClNO2. The third kappa shape index (κ3) is 3.13. The molecule has 1 rings (SSSR count). The molecule has 0 radical (unpaired) electrons. The predicted molar refractivity (Wildman–Crippen MR) is 60.5 cm³/mol. The maximum atomic E-state index is 10.2. The van der Waals surface area contributed by atoms with Gasteiger partial charge in [-0.15, -0.1) is 0 Å². The van der Waals surface area contributed by atoms with E-state index in [0.29, 0.717) is 23.7 Å². The smallest absolute Gasteiger partial charge is 0.207 e. The van der Waals surface area contributed by atoms with Gasteiger partial charge in [0.2, 0.25) is 6.41 Å². The van der Waals surface area contributed by atoms with Gasteiger partial charge >= 0.3 is 0 Å². The summed E-state index contributed by atoms with van der Waals surface area (Å²) in [5, 5.41) is 3.24. The zero-order valence-corrected chi connectivity index (χ0v) is 9.54. The van der Waals surface area contributed by atoms with E-state index in [2.05, 4.69) is 5.32 Å². The topological polar surface area (TPSA) is 38.3 Å². The molecule has 1 aromatic rings. The molecule has 0 fully saturated rings. The Morgan fingerprint density at radius 3 is 2.93 bits per heavy atom. The van der Waals surface area contributed by atoms with Gasteiger partial charge in [-0.2, -0.15) is 0 Å². The fraction of sp³-hybridized carbons (Fsp3) is 0.364. The number of carbonyl (C=O) groups excluding carboxylic acids is 1. The second kappa shape index (κ2) is 5.61. The number of benzene rings is 1. The minimum atomic E-state index is 0.237. The molecule has 1 unspecified atom stereocenters. The zero-order chi connectivity index (χ0) is 11.3. The number of methoxy groups -OCH3 is 1. The summed E-state index contributed by atoms with van der Waals surface area (Å²) in [6.45, 7) is 2.63. The molecule has 0 saturated heterocycles. The van der Waals surface area contributed by atoms with Crippen molar-refractivity contribution in [2.75, 3.05) is 13.7 Å². The lowest BCUT2D eigenvalue weighted by molar-refractivity contribution is -0.109. The van der Waals surface area contributed by atoms with Crippen molar-refractivity contribution < 1.29 is 9.53 Å². The van der Waals surface area contributed by atoms with Crippen LogP contribution in [-0.2, 0) is 4.79 Å². The lowest BCUT2D eigenvalue weighted by Crippen LogP contribution is -2.17. The molecular weight excluding hydrogens is 214 g/mol. The molecule has 4 heteroatoms. The van der Waals surface area contributed by atoms with E-state index in [9.17, 15) is 4.79 Å². The Hall–Kier alpha value is -1.22. The highest BCUT2D eigenvalue weighted by Crippen LogP contribution is 2.28. The molecule has 0 saturated carbocycles. The van der Waals surface area contributed by atoms with Crippen LogP contribution in [0.4, 0.5) is 0 Å². The van der Waals surface area contributed by atoms with Crippen LogP contribution < -0.4 is 10.1 Å². The third-order valence-corrected chi connectivity index (χ3v) is 2.56. The van der Waals surface area contributed by atoms with Gasteiger partial charge in [0.05, 0.1) is 12.1 Å². The molecule has 0 aliphatic rings. The maximum absolute atomic E-state index is 10.2. The second-order valence-electron chi connectivity index (χ2n) is 3.32. The van der Waals surface area contributed by atoms with Crippen molar-refractivity contribution in [3.63, 3.8) is 0 Å². The highest BCUT2D eigenvalue weighted by molar-refractivity contribution is 6.32. The van der Waals surface area contributed by atoms with Crippen LogP contribution in [0.5, 0.6) is 5.75 Å². The lowest BCUT2D eigenvalue weighted by Gasteiger charge is -2.12. The van der Waals surface area contributed by atoms with Crippen LogP contribution in [0.1, 0.15) is 18.4 Å². The number of hydrogen-bond acceptors (Lipinski definition) is 2. The van der Waals surface area contributed by atoms with E-state index in [1.165, 1.54) is 0 Å². The Labute approximate surface area is 94.4 Å². The zero-order valence-electron chi connectivity index (χ0n) is 8.79. The molecule has 0 bridgehead atoms. The van der Waals surface area contributed by atoms with Crippen LogP contribution >= 0.6 is 11.6 Å². The summed E-state index contributed by atoms with van der Waals surface area (Å²) in [4.78, 5) is 10.2. The van der Waals surface area contributed by atoms with Gasteiger partial charge in [0.1, 0.15) is 5.75 Å². The van der Waals surface area contributed by atoms with Crippen molar-refractivity contribution in [2.24, 2.45) is 0 Å². The van der Waals surface area contributed by atoms with Gasteiger partial charge in [-0.25, -0.2) is 0 Å². The van der Waals surface area contributed by atoms with E-state index in [-0.39, 0.29) is 5.92 Å². The Bertz CT molecular complexity index is 341. The summed E-state index contributed by atoms with van der Waals surface area (Å²) >= 11 is 5.91. The number of rotatable bonds is 5. The van der Waals surface area contributed by atoms with E-state index in [1.807, 2.05) is 19.1 Å². The van der Waals surface area contributed by atoms with Crippen LogP contribution in [0.3, 0.4) is 0 Å². The number of nitrogens with one attached hydrogen (secondary N) is 1. The van der Waals surface area contributed by atoms with Gasteiger partial charge in [-0.05, 0) is 23.6 Å². The van der Waals surface area contributed by atoms with Crippen molar-refractivity contribution in [2.45, 2.75) is 12.8 Å². The van der Waals surface area contributed by atoms with Gasteiger partial charge in [-0.3, -0.25) is 4.79 Å². The number of hydrogen-bond donors (Lipinski definition) is 1. The molecule has 3 nitrogen and oxygen atoms in total. The largest absolute Gasteiger partial charge is 0.495 e. The van der Waals surface area contributed by atoms with E-state index in [0.717, 1.165) is 5.56 Å². The Balaban J connectivity index is 2.80. The molecule has 1 amide bonds. The summed E-state index contributed by atoms with van der Waals surface area (Å²) in [6, 6.07) is 5.62. The van der Waals surface area contributed by atoms with Crippen molar-refractivity contribution in [1.82, 2.24) is 5.32 Å². The summed E-state index contributed by atoms with van der Waals surface area (Å²) in [5.74, 6) is 0.897. The van der Waals surface area contributed by atoms with Gasteiger partial charge in [0.15, 0.2) is 0 Å². The highest BCUT2D eigenvalue weighted by atomic mass is 35.5. The second-order valence-corrected chi connectivity index (χ2v) is 3.73. The molecule has 1 aromatic carbocycles. The number of amides is 1. The molecule has 0 aliphatic heterocycles. The molecule has 0 aromatic heterocycles. The van der Waals surface area contributed by atoms with Crippen molar-refractivity contribution in [3.05, 3.63) is 28.8 Å². The average Bonchev–Trinajstić information content (AvgIpc) is 2.26. The first-order valence-corrected chi connectivity index (χ1v) is 5.07. The Morgan fingerprint density at radius 1 is 1.60 bits per heavy atom. The molecule has 0 heterocycles. The Kier molecular flexibility index (Phi) is 4.43. The maximum Gasteiger partial charge on any atom is 0.207 e. The molecule has 1 atom stereocenters. The number of carbonyl (C=O) groups is 1. The fourth-order valence-corrected chi connectivity index (χ4v) is 1.52. The van der Waals surface area contributed by atoms with Crippen LogP contribution in [0, 0.1) is 0 Å². The minimum absolute atomic E-state index is 0.237. The van der Waals surface area contributed by atoms with E-state index >= 15 is 0 Å². The van der Waals surface area contributed by atoms with Crippen molar-refractivity contribution in [3.8, 4) is 5.75 Å². The first-order valence-electron chi connectivity index (χ1n) is 4.69. The average molecular weight is 228 g/mol. The van der Waals surface area contributed by atoms with E-state index in [4.69, 9.17) is 16.3 Å². The Morgan fingerprint density at radius 2 is 2.33 bits per heavy atom. The predicted octanol–water partition coefficient (Wildman–Crippen LogP) is 2.20. The molecule has 1 N–H and O–H groups in total. The van der Waals surface area contributed by atoms with Crippen LogP contribution in [0.15, 0.2) is 18.2 Å². The first kappa shape index (κ1) is 11.9. The lowest BCUT2D eigenvalue weighted by atomic mass is 10.0. The summed E-state index contributed by atoms with van der Waals surface area (Å²) in [5.41, 5.74) is 1.09. The van der Waals surface area contributed by atoms with E-state index in [1.54, 1.807) is 13.2 Å². The molecule has 15 heavy (non-hydrogen) atoms. The van der Waals surface area contributed by atoms with Crippen LogP contribution in [-0.4, -0.2) is 20.1 Å². The number of ether oxygens (including phenoxy) is 1. The van der Waals surface area contributed by atoms with Gasteiger partial charge in [-0.1, -0.05) is 24.6 Å². The summed E-state index contributed by atoms with van der Waals surface area (Å²) < 4.78 is 5.12. The summed E-state index contributed by atoms with van der Waals surface area (Å²) in [6.07, 6.45) is 0.698. The standard InChI is InChI=1S/C11H14ClNO2/c1-8(6-13-7-14)9-3-4-10(12)11(5-9)15-2/h3-5,7-8H,6H2,1-2H3,(H,13,14). The highest BCUT2D eigenvalue weighted by Gasteiger charge is 2.08. The quantitative estimate of drug-likeness (QED) is 0.784. The molecule has 0 spiro atoms. The minimum Gasteiger partial charge on any atom is -0.495 e. The number of halogens is 1.